The lowest BCUT2D eigenvalue weighted by molar-refractivity contribution is 0.645. The van der Waals surface area contributed by atoms with Crippen LogP contribution in [0.2, 0.25) is 5.02 Å². The van der Waals surface area contributed by atoms with Gasteiger partial charge in [-0.15, -0.1) is 0 Å². The van der Waals surface area contributed by atoms with Crippen LogP contribution in [0.25, 0.3) is 0 Å². The molecule has 2 aromatic carbocycles. The number of hydrogen-bond acceptors (Lipinski definition) is 4. The molecule has 0 aliphatic carbocycles. The number of rotatable bonds is 4. The summed E-state index contributed by atoms with van der Waals surface area (Å²) in [5.41, 5.74) is -0.181. The molecule has 0 fully saturated rings. The van der Waals surface area contributed by atoms with Crippen molar-refractivity contribution in [3.05, 3.63) is 65.2 Å². The molecular weight excluding hydrogens is 284 g/mol. The number of azo groups is 1. The third kappa shape index (κ3) is 3.89. The van der Waals surface area contributed by atoms with E-state index in [-0.39, 0.29) is 6.42 Å². The second kappa shape index (κ2) is 6.65. The Morgan fingerprint density at radius 1 is 1.00 bits per heavy atom. The van der Waals surface area contributed by atoms with Crippen molar-refractivity contribution in [1.82, 2.24) is 0 Å². The smallest absolute Gasteiger partial charge is 0.194 e. The summed E-state index contributed by atoms with van der Waals surface area (Å²) in [4.78, 5) is 0. The minimum Gasteiger partial charge on any atom is -0.194 e. The van der Waals surface area contributed by atoms with Crippen LogP contribution in [0.1, 0.15) is 5.56 Å². The number of hydrogen-bond donors (Lipinski definition) is 0. The molecule has 0 radical (unpaired) electrons. The van der Waals surface area contributed by atoms with Crippen molar-refractivity contribution < 1.29 is 0 Å². The predicted molar refractivity (Wildman–Crippen MR) is 80.1 cm³/mol. The van der Waals surface area contributed by atoms with Gasteiger partial charge in [-0.1, -0.05) is 48.0 Å². The minimum absolute atomic E-state index is 0.185. The second-order valence-corrected chi connectivity index (χ2v) is 4.86. The maximum atomic E-state index is 9.32. The zero-order chi connectivity index (χ0) is 15.1. The average molecular weight is 295 g/mol. The first-order valence-corrected chi connectivity index (χ1v) is 6.60. The second-order valence-electron chi connectivity index (χ2n) is 4.43. The molecule has 0 heterocycles. The Kier molecular flexibility index (Phi) is 4.66. The third-order valence-electron chi connectivity index (χ3n) is 2.82. The number of nitrogens with zero attached hydrogens (tertiary/aromatic N) is 4. The molecule has 0 spiro atoms. The number of benzene rings is 2. The van der Waals surface area contributed by atoms with E-state index < -0.39 is 5.54 Å². The first kappa shape index (κ1) is 14.7. The SMILES string of the molecule is N#CC(C#N)(Cc1ccccc1)N=Nc1cccc(Cl)c1. The maximum Gasteiger partial charge on any atom is 0.256 e. The normalized spacial score (nSPS) is 11.0. The zero-order valence-corrected chi connectivity index (χ0v) is 11.8. The van der Waals surface area contributed by atoms with Crippen LogP contribution < -0.4 is 0 Å². The first-order valence-electron chi connectivity index (χ1n) is 6.22. The largest absolute Gasteiger partial charge is 0.256 e. The average Bonchev–Trinajstić information content (AvgIpc) is 2.53. The highest BCUT2D eigenvalue weighted by atomic mass is 35.5. The van der Waals surface area contributed by atoms with Gasteiger partial charge in [0.05, 0.1) is 5.69 Å². The minimum atomic E-state index is -1.54. The van der Waals surface area contributed by atoms with E-state index in [9.17, 15) is 10.5 Å². The van der Waals surface area contributed by atoms with Gasteiger partial charge < -0.3 is 0 Å². The molecule has 0 aliphatic rings. The Hall–Kier alpha value is -2.69. The van der Waals surface area contributed by atoms with Crippen molar-refractivity contribution in [2.24, 2.45) is 10.2 Å². The summed E-state index contributed by atoms with van der Waals surface area (Å²) in [6.07, 6.45) is 0.185. The highest BCUT2D eigenvalue weighted by Crippen LogP contribution is 2.23. The van der Waals surface area contributed by atoms with Crippen molar-refractivity contribution in [3.8, 4) is 12.1 Å². The van der Waals surface area contributed by atoms with Gasteiger partial charge in [0.15, 0.2) is 0 Å². The topological polar surface area (TPSA) is 72.3 Å². The van der Waals surface area contributed by atoms with Crippen molar-refractivity contribution in [2.75, 3.05) is 0 Å². The summed E-state index contributed by atoms with van der Waals surface area (Å²) in [5.74, 6) is 0. The lowest BCUT2D eigenvalue weighted by Gasteiger charge is -2.11. The fraction of sp³-hybridized carbons (Fsp3) is 0.125. The van der Waals surface area contributed by atoms with Gasteiger partial charge in [0.1, 0.15) is 12.1 Å². The van der Waals surface area contributed by atoms with E-state index in [1.807, 2.05) is 42.5 Å². The van der Waals surface area contributed by atoms with E-state index in [1.165, 1.54) is 0 Å². The zero-order valence-electron chi connectivity index (χ0n) is 11.1. The highest BCUT2D eigenvalue weighted by Gasteiger charge is 2.30. The summed E-state index contributed by atoms with van der Waals surface area (Å²) in [5, 5.41) is 27.1. The van der Waals surface area contributed by atoms with Gasteiger partial charge in [-0.2, -0.15) is 20.8 Å². The van der Waals surface area contributed by atoms with Gasteiger partial charge in [-0.25, -0.2) is 0 Å². The molecule has 0 saturated carbocycles. The quantitative estimate of drug-likeness (QED) is 0.781. The van der Waals surface area contributed by atoms with E-state index in [4.69, 9.17) is 11.6 Å². The van der Waals surface area contributed by atoms with E-state index in [0.29, 0.717) is 10.7 Å². The molecule has 0 aliphatic heterocycles. The van der Waals surface area contributed by atoms with Gasteiger partial charge in [-0.3, -0.25) is 0 Å². The fourth-order valence-electron chi connectivity index (χ4n) is 1.76. The van der Waals surface area contributed by atoms with Crippen molar-refractivity contribution >= 4 is 17.3 Å². The molecule has 4 nitrogen and oxygen atoms in total. The first-order chi connectivity index (χ1) is 10.2. The summed E-state index contributed by atoms with van der Waals surface area (Å²) in [6.45, 7) is 0. The van der Waals surface area contributed by atoms with Crippen LogP contribution in [0.3, 0.4) is 0 Å². The van der Waals surface area contributed by atoms with Crippen LogP contribution in [-0.2, 0) is 6.42 Å². The molecule has 21 heavy (non-hydrogen) atoms. The van der Waals surface area contributed by atoms with Gasteiger partial charge in [0, 0.05) is 11.4 Å². The van der Waals surface area contributed by atoms with Crippen molar-refractivity contribution in [2.45, 2.75) is 12.0 Å². The van der Waals surface area contributed by atoms with Crippen LogP contribution in [0.4, 0.5) is 5.69 Å². The molecule has 0 saturated heterocycles. The fourth-order valence-corrected chi connectivity index (χ4v) is 1.94. The van der Waals surface area contributed by atoms with Crippen LogP contribution in [0.5, 0.6) is 0 Å². The van der Waals surface area contributed by atoms with Crippen molar-refractivity contribution in [1.29, 1.82) is 10.5 Å². The molecule has 0 bridgehead atoms. The Balaban J connectivity index is 2.27. The molecule has 5 heteroatoms. The maximum absolute atomic E-state index is 9.32. The predicted octanol–water partition coefficient (Wildman–Crippen LogP) is 4.45. The standard InChI is InChI=1S/C16H11ClN4/c17-14-7-4-8-15(9-14)20-21-16(11-18,12-19)10-13-5-2-1-3-6-13/h1-9H,10H2. The van der Waals surface area contributed by atoms with Crippen LogP contribution in [0, 0.1) is 22.7 Å². The van der Waals surface area contributed by atoms with Crippen molar-refractivity contribution in [3.63, 3.8) is 0 Å². The third-order valence-corrected chi connectivity index (χ3v) is 3.05. The number of nitriles is 2. The Morgan fingerprint density at radius 2 is 1.71 bits per heavy atom. The number of halogens is 1. The molecule has 0 N–H and O–H groups in total. The molecule has 0 amide bonds. The van der Waals surface area contributed by atoms with Crippen LogP contribution >= 0.6 is 11.6 Å². The van der Waals surface area contributed by atoms with Crippen LogP contribution in [-0.4, -0.2) is 5.54 Å². The Labute approximate surface area is 127 Å². The summed E-state index contributed by atoms with van der Waals surface area (Å²) < 4.78 is 0. The van der Waals surface area contributed by atoms with E-state index in [0.717, 1.165) is 5.56 Å². The monoisotopic (exact) mass is 294 g/mol. The summed E-state index contributed by atoms with van der Waals surface area (Å²) in [6, 6.07) is 19.9. The van der Waals surface area contributed by atoms with Gasteiger partial charge in [-0.05, 0) is 23.8 Å². The molecule has 102 valence electrons. The molecular formula is C16H11ClN4. The van der Waals surface area contributed by atoms with Crippen LogP contribution in [0.15, 0.2) is 64.8 Å². The molecule has 2 rings (SSSR count). The van der Waals surface area contributed by atoms with E-state index in [1.54, 1.807) is 24.3 Å². The molecule has 0 unspecified atom stereocenters. The van der Waals surface area contributed by atoms with Gasteiger partial charge >= 0.3 is 0 Å². The Morgan fingerprint density at radius 3 is 2.33 bits per heavy atom. The van der Waals surface area contributed by atoms with Gasteiger partial charge in [0.2, 0.25) is 0 Å². The lowest BCUT2D eigenvalue weighted by Crippen LogP contribution is -2.24. The van der Waals surface area contributed by atoms with E-state index >= 15 is 0 Å². The lowest BCUT2D eigenvalue weighted by atomic mass is 9.95. The Bertz CT molecular complexity index is 712. The highest BCUT2D eigenvalue weighted by molar-refractivity contribution is 6.30. The molecule has 0 aromatic heterocycles. The summed E-state index contributed by atoms with van der Waals surface area (Å²) >= 11 is 5.86. The summed E-state index contributed by atoms with van der Waals surface area (Å²) in [7, 11) is 0. The van der Waals surface area contributed by atoms with E-state index in [2.05, 4.69) is 10.2 Å². The molecule has 2 aromatic rings. The van der Waals surface area contributed by atoms with Gasteiger partial charge in [0.25, 0.3) is 5.54 Å². The molecule has 0 atom stereocenters.